The topological polar surface area (TPSA) is 73.2 Å². The Morgan fingerprint density at radius 3 is 2.67 bits per heavy atom. The number of rotatable bonds is 6. The maximum atomic E-state index is 6.00. The fourth-order valence-corrected chi connectivity index (χ4v) is 2.85. The van der Waals surface area contributed by atoms with Crippen molar-refractivity contribution >= 4 is 40.6 Å². The van der Waals surface area contributed by atoms with E-state index in [4.69, 9.17) is 33.3 Å². The fourth-order valence-electron chi connectivity index (χ4n) is 2.43. The number of anilines is 2. The zero-order chi connectivity index (χ0) is 19.2. The molecule has 7 nitrogen and oxygen atoms in total. The van der Waals surface area contributed by atoms with Crippen molar-refractivity contribution in [3.05, 3.63) is 59.4 Å². The molecular formula is C18H18ClN5O2S. The predicted molar refractivity (Wildman–Crippen MR) is 110 cm³/mol. The molecule has 0 aliphatic rings. The molecular weight excluding hydrogens is 386 g/mol. The fraction of sp³-hybridized carbons (Fsp3) is 0.167. The lowest BCUT2D eigenvalue weighted by atomic mass is 10.2. The van der Waals surface area contributed by atoms with Crippen LogP contribution in [0.5, 0.6) is 11.5 Å². The highest BCUT2D eigenvalue weighted by Gasteiger charge is 2.08. The van der Waals surface area contributed by atoms with E-state index in [-0.39, 0.29) is 0 Å². The van der Waals surface area contributed by atoms with E-state index in [0.29, 0.717) is 34.1 Å². The van der Waals surface area contributed by atoms with Gasteiger partial charge in [-0.05, 0) is 42.0 Å². The first-order valence-corrected chi connectivity index (χ1v) is 8.80. The molecule has 0 bridgehead atoms. The number of nitrogens with zero attached hydrogens (tertiary/aromatic N) is 3. The minimum Gasteiger partial charge on any atom is -0.493 e. The summed E-state index contributed by atoms with van der Waals surface area (Å²) in [4.78, 5) is 4.21. The minimum absolute atomic E-state index is 0.364. The standard InChI is InChI=1S/C18H18ClN5O2S/c1-25-15-7-6-14(9-16(15)26-2)21-18(27)22-17-20-11-24(23-17)10-12-4-3-5-13(19)8-12/h3-9,11H,10H2,1-2H3,(H2,21,22,23,27). The molecule has 9 heteroatoms. The van der Waals surface area contributed by atoms with Crippen LogP contribution in [0, 0.1) is 0 Å². The van der Waals surface area contributed by atoms with E-state index in [0.717, 1.165) is 11.3 Å². The zero-order valence-electron chi connectivity index (χ0n) is 14.8. The normalized spacial score (nSPS) is 10.3. The molecule has 0 saturated carbocycles. The summed E-state index contributed by atoms with van der Waals surface area (Å²) in [6.45, 7) is 0.561. The van der Waals surface area contributed by atoms with Gasteiger partial charge in [-0.3, -0.25) is 5.32 Å². The number of ether oxygens (including phenoxy) is 2. The van der Waals surface area contributed by atoms with Crippen molar-refractivity contribution in [3.8, 4) is 11.5 Å². The molecule has 0 saturated heterocycles. The number of aromatic nitrogens is 3. The highest BCUT2D eigenvalue weighted by atomic mass is 35.5. The number of hydrogen-bond donors (Lipinski definition) is 2. The van der Waals surface area contributed by atoms with Gasteiger partial charge >= 0.3 is 0 Å². The monoisotopic (exact) mass is 403 g/mol. The van der Waals surface area contributed by atoms with Crippen LogP contribution in [0.15, 0.2) is 48.8 Å². The van der Waals surface area contributed by atoms with Gasteiger partial charge < -0.3 is 14.8 Å². The van der Waals surface area contributed by atoms with Gasteiger partial charge in [0.2, 0.25) is 5.95 Å². The summed E-state index contributed by atoms with van der Waals surface area (Å²) in [6, 6.07) is 13.0. The van der Waals surface area contributed by atoms with E-state index in [2.05, 4.69) is 20.7 Å². The Hall–Kier alpha value is -2.84. The molecule has 2 aromatic carbocycles. The largest absolute Gasteiger partial charge is 0.493 e. The minimum atomic E-state index is 0.364. The van der Waals surface area contributed by atoms with Gasteiger partial charge in [-0.1, -0.05) is 23.7 Å². The van der Waals surface area contributed by atoms with Gasteiger partial charge in [0.15, 0.2) is 16.6 Å². The quantitative estimate of drug-likeness (QED) is 0.606. The van der Waals surface area contributed by atoms with E-state index in [1.165, 1.54) is 0 Å². The van der Waals surface area contributed by atoms with Gasteiger partial charge in [0.25, 0.3) is 0 Å². The molecule has 0 fully saturated rings. The van der Waals surface area contributed by atoms with Crippen LogP contribution >= 0.6 is 23.8 Å². The van der Waals surface area contributed by atoms with Gasteiger partial charge in [-0.2, -0.15) is 0 Å². The number of methoxy groups -OCH3 is 2. The van der Waals surface area contributed by atoms with Gasteiger partial charge in [0.1, 0.15) is 6.33 Å². The molecule has 1 aromatic heterocycles. The van der Waals surface area contributed by atoms with Crippen molar-refractivity contribution in [1.29, 1.82) is 0 Å². The van der Waals surface area contributed by atoms with Gasteiger partial charge in [0, 0.05) is 16.8 Å². The third-order valence-corrected chi connectivity index (χ3v) is 4.08. The molecule has 3 rings (SSSR count). The molecule has 0 aliphatic carbocycles. The summed E-state index contributed by atoms with van der Waals surface area (Å²) in [5.41, 5.74) is 1.79. The SMILES string of the molecule is COc1ccc(NC(=S)Nc2ncn(Cc3cccc(Cl)c3)n2)cc1OC. The van der Waals surface area contributed by atoms with Gasteiger partial charge in [-0.25, -0.2) is 9.67 Å². The van der Waals surface area contributed by atoms with Crippen LogP contribution < -0.4 is 20.1 Å². The summed E-state index contributed by atoms with van der Waals surface area (Å²) in [7, 11) is 3.16. The molecule has 0 atom stereocenters. The lowest BCUT2D eigenvalue weighted by Gasteiger charge is -2.11. The van der Waals surface area contributed by atoms with Crippen LogP contribution in [0.2, 0.25) is 5.02 Å². The predicted octanol–water partition coefficient (Wildman–Crippen LogP) is 3.81. The summed E-state index contributed by atoms with van der Waals surface area (Å²) in [5.74, 6) is 1.65. The van der Waals surface area contributed by atoms with E-state index in [1.54, 1.807) is 37.4 Å². The first-order valence-electron chi connectivity index (χ1n) is 8.01. The Bertz CT molecular complexity index is 947. The van der Waals surface area contributed by atoms with Crippen LogP contribution in [0.1, 0.15) is 5.56 Å². The molecule has 140 valence electrons. The molecule has 0 radical (unpaired) electrons. The van der Waals surface area contributed by atoms with Crippen molar-refractivity contribution in [2.75, 3.05) is 24.9 Å². The Morgan fingerprint density at radius 1 is 1.11 bits per heavy atom. The number of thiocarbonyl (C=S) groups is 1. The Balaban J connectivity index is 1.61. The average Bonchev–Trinajstić information content (AvgIpc) is 3.08. The summed E-state index contributed by atoms with van der Waals surface area (Å²) in [6.07, 6.45) is 1.63. The number of nitrogens with one attached hydrogen (secondary N) is 2. The molecule has 0 unspecified atom stereocenters. The molecule has 27 heavy (non-hydrogen) atoms. The first-order chi connectivity index (χ1) is 13.1. The summed E-state index contributed by atoms with van der Waals surface area (Å²) < 4.78 is 12.2. The number of benzene rings is 2. The Labute approximate surface area is 167 Å². The maximum absolute atomic E-state index is 6.00. The molecule has 0 aliphatic heterocycles. The third-order valence-electron chi connectivity index (χ3n) is 3.64. The second-order valence-electron chi connectivity index (χ2n) is 5.54. The van der Waals surface area contributed by atoms with E-state index < -0.39 is 0 Å². The number of hydrogen-bond acceptors (Lipinski definition) is 5. The van der Waals surface area contributed by atoms with Crippen molar-refractivity contribution in [2.24, 2.45) is 0 Å². The van der Waals surface area contributed by atoms with E-state index >= 15 is 0 Å². The lowest BCUT2D eigenvalue weighted by molar-refractivity contribution is 0.355. The molecule has 3 aromatic rings. The summed E-state index contributed by atoms with van der Waals surface area (Å²) in [5, 5.41) is 11.4. The summed E-state index contributed by atoms with van der Waals surface area (Å²) >= 11 is 11.3. The second kappa shape index (κ2) is 8.70. The highest BCUT2D eigenvalue weighted by Crippen LogP contribution is 2.29. The first kappa shape index (κ1) is 18.9. The average molecular weight is 404 g/mol. The van der Waals surface area contributed by atoms with Gasteiger partial charge in [-0.15, -0.1) is 5.10 Å². The van der Waals surface area contributed by atoms with Crippen LogP contribution in [0.4, 0.5) is 11.6 Å². The van der Waals surface area contributed by atoms with Crippen molar-refractivity contribution < 1.29 is 9.47 Å². The molecule has 0 amide bonds. The Morgan fingerprint density at radius 2 is 1.93 bits per heavy atom. The zero-order valence-corrected chi connectivity index (χ0v) is 16.3. The van der Waals surface area contributed by atoms with Crippen LogP contribution in [0.25, 0.3) is 0 Å². The van der Waals surface area contributed by atoms with Crippen molar-refractivity contribution in [1.82, 2.24) is 14.8 Å². The smallest absolute Gasteiger partial charge is 0.248 e. The van der Waals surface area contributed by atoms with E-state index in [1.807, 2.05) is 30.3 Å². The highest BCUT2D eigenvalue weighted by molar-refractivity contribution is 7.80. The molecule has 0 spiro atoms. The Kier molecular flexibility index (Phi) is 6.10. The van der Waals surface area contributed by atoms with Gasteiger partial charge in [0.05, 0.1) is 20.8 Å². The third kappa shape index (κ3) is 5.08. The second-order valence-corrected chi connectivity index (χ2v) is 6.39. The van der Waals surface area contributed by atoms with Crippen molar-refractivity contribution in [3.63, 3.8) is 0 Å². The van der Waals surface area contributed by atoms with Crippen molar-refractivity contribution in [2.45, 2.75) is 6.54 Å². The van der Waals surface area contributed by atoms with E-state index in [9.17, 15) is 0 Å². The van der Waals surface area contributed by atoms with Crippen LogP contribution in [0.3, 0.4) is 0 Å². The van der Waals surface area contributed by atoms with Crippen LogP contribution in [-0.4, -0.2) is 34.1 Å². The van der Waals surface area contributed by atoms with Crippen LogP contribution in [-0.2, 0) is 6.54 Å². The molecule has 2 N–H and O–H groups in total. The lowest BCUT2D eigenvalue weighted by Crippen LogP contribution is -2.20. The maximum Gasteiger partial charge on any atom is 0.248 e. The number of halogens is 1. The molecule has 1 heterocycles.